The largest absolute Gasteiger partial charge is 0.370 e. The van der Waals surface area contributed by atoms with E-state index in [1.165, 1.54) is 12.1 Å². The van der Waals surface area contributed by atoms with Gasteiger partial charge in [0.25, 0.3) is 0 Å². The van der Waals surface area contributed by atoms with E-state index in [0.717, 1.165) is 17.5 Å². The van der Waals surface area contributed by atoms with Crippen LogP contribution in [0.4, 0.5) is 4.39 Å². The Morgan fingerprint density at radius 2 is 1.96 bits per heavy atom. The van der Waals surface area contributed by atoms with Crippen LogP contribution in [0.3, 0.4) is 0 Å². The van der Waals surface area contributed by atoms with Crippen LogP contribution in [-0.4, -0.2) is 30.5 Å². The molecule has 0 aromatic heterocycles. The molecule has 1 saturated heterocycles. The van der Waals surface area contributed by atoms with Gasteiger partial charge >= 0.3 is 0 Å². The molecular formula is C20H19ClFNO2. The second kappa shape index (κ2) is 6.77. The van der Waals surface area contributed by atoms with Crippen LogP contribution in [0.15, 0.2) is 48.5 Å². The van der Waals surface area contributed by atoms with Crippen LogP contribution in [0.2, 0.25) is 5.02 Å². The molecule has 0 bridgehead atoms. The van der Waals surface area contributed by atoms with Crippen LogP contribution in [0.5, 0.6) is 0 Å². The standard InChI is InChI=1S/C20H19ClFNO2/c21-15-6-4-13(5-7-15)19-12-23(8-9-25-19)20(24)18-11-17(18)14-2-1-3-16(22)10-14/h1-7,10,17-19H,8-9,11-12H2/t17-,18-,19-/m1/s1. The number of rotatable bonds is 3. The first-order valence-electron chi connectivity index (χ1n) is 8.53. The van der Waals surface area contributed by atoms with Crippen molar-refractivity contribution >= 4 is 17.5 Å². The van der Waals surface area contributed by atoms with Crippen molar-refractivity contribution in [3.8, 4) is 0 Å². The summed E-state index contributed by atoms with van der Waals surface area (Å²) in [5.41, 5.74) is 1.94. The van der Waals surface area contributed by atoms with Crippen molar-refractivity contribution in [2.45, 2.75) is 18.4 Å². The van der Waals surface area contributed by atoms with E-state index in [2.05, 4.69) is 0 Å². The first kappa shape index (κ1) is 16.6. The lowest BCUT2D eigenvalue weighted by molar-refractivity contribution is -0.140. The van der Waals surface area contributed by atoms with Crippen LogP contribution >= 0.6 is 11.6 Å². The summed E-state index contributed by atoms with van der Waals surface area (Å²) >= 11 is 5.93. The van der Waals surface area contributed by atoms with Gasteiger partial charge in [-0.25, -0.2) is 4.39 Å². The van der Waals surface area contributed by atoms with Crippen molar-refractivity contribution in [2.75, 3.05) is 19.7 Å². The fourth-order valence-corrected chi connectivity index (χ4v) is 3.66. The number of morpholine rings is 1. The van der Waals surface area contributed by atoms with Crippen molar-refractivity contribution in [3.63, 3.8) is 0 Å². The average molecular weight is 360 g/mol. The zero-order chi connectivity index (χ0) is 17.4. The fourth-order valence-electron chi connectivity index (χ4n) is 3.54. The lowest BCUT2D eigenvalue weighted by Gasteiger charge is -2.33. The summed E-state index contributed by atoms with van der Waals surface area (Å²) in [6.45, 7) is 1.68. The number of ether oxygens (including phenoxy) is 1. The highest BCUT2D eigenvalue weighted by atomic mass is 35.5. The van der Waals surface area contributed by atoms with Crippen LogP contribution in [0.25, 0.3) is 0 Å². The lowest BCUT2D eigenvalue weighted by Crippen LogP contribution is -2.43. The Hall–Kier alpha value is -1.91. The van der Waals surface area contributed by atoms with Gasteiger partial charge < -0.3 is 9.64 Å². The number of benzene rings is 2. The van der Waals surface area contributed by atoms with E-state index in [1.54, 1.807) is 6.07 Å². The van der Waals surface area contributed by atoms with Crippen molar-refractivity contribution in [3.05, 3.63) is 70.5 Å². The smallest absolute Gasteiger partial charge is 0.226 e. The van der Waals surface area contributed by atoms with Gasteiger partial charge in [0.05, 0.1) is 13.2 Å². The molecule has 4 rings (SSSR count). The molecule has 0 unspecified atom stereocenters. The topological polar surface area (TPSA) is 29.5 Å². The van der Waals surface area contributed by atoms with E-state index in [1.807, 2.05) is 35.2 Å². The fraction of sp³-hybridized carbons (Fsp3) is 0.350. The summed E-state index contributed by atoms with van der Waals surface area (Å²) in [4.78, 5) is 14.7. The Balaban J connectivity index is 1.42. The van der Waals surface area contributed by atoms with Gasteiger partial charge in [-0.3, -0.25) is 4.79 Å². The number of halogens is 2. The Morgan fingerprint density at radius 3 is 2.72 bits per heavy atom. The molecule has 1 heterocycles. The molecule has 3 atom stereocenters. The second-order valence-corrected chi connectivity index (χ2v) is 7.14. The molecule has 1 amide bonds. The molecule has 1 saturated carbocycles. The van der Waals surface area contributed by atoms with Crippen molar-refractivity contribution in [1.82, 2.24) is 4.90 Å². The van der Waals surface area contributed by atoms with Gasteiger partial charge in [-0.2, -0.15) is 0 Å². The second-order valence-electron chi connectivity index (χ2n) is 6.70. The van der Waals surface area contributed by atoms with Crippen molar-refractivity contribution in [1.29, 1.82) is 0 Å². The molecule has 130 valence electrons. The van der Waals surface area contributed by atoms with E-state index in [0.29, 0.717) is 24.7 Å². The van der Waals surface area contributed by atoms with E-state index >= 15 is 0 Å². The van der Waals surface area contributed by atoms with Gasteiger partial charge in [0.15, 0.2) is 0 Å². The van der Waals surface area contributed by atoms with Crippen LogP contribution in [-0.2, 0) is 9.53 Å². The van der Waals surface area contributed by atoms with Crippen molar-refractivity contribution in [2.24, 2.45) is 5.92 Å². The summed E-state index contributed by atoms with van der Waals surface area (Å²) < 4.78 is 19.2. The van der Waals surface area contributed by atoms with E-state index in [-0.39, 0.29) is 29.7 Å². The molecule has 2 aromatic carbocycles. The maximum absolute atomic E-state index is 13.4. The summed E-state index contributed by atoms with van der Waals surface area (Å²) in [6, 6.07) is 14.1. The number of hydrogen-bond acceptors (Lipinski definition) is 2. The highest BCUT2D eigenvalue weighted by Gasteiger charge is 2.46. The molecular weight excluding hydrogens is 341 g/mol. The zero-order valence-corrected chi connectivity index (χ0v) is 14.5. The minimum absolute atomic E-state index is 0.0363. The molecule has 5 heteroatoms. The number of carbonyl (C=O) groups is 1. The normalized spacial score (nSPS) is 25.7. The molecule has 2 aromatic rings. The Labute approximate surface area is 151 Å². The minimum atomic E-state index is -0.246. The number of nitrogens with zero attached hydrogens (tertiary/aromatic N) is 1. The molecule has 1 aliphatic carbocycles. The van der Waals surface area contributed by atoms with Crippen LogP contribution in [0.1, 0.15) is 29.6 Å². The Kier molecular flexibility index (Phi) is 4.48. The Morgan fingerprint density at radius 1 is 1.16 bits per heavy atom. The molecule has 0 spiro atoms. The minimum Gasteiger partial charge on any atom is -0.370 e. The van der Waals surface area contributed by atoms with Gasteiger partial charge in [0.2, 0.25) is 5.91 Å². The van der Waals surface area contributed by atoms with Crippen LogP contribution < -0.4 is 0 Å². The summed E-state index contributed by atoms with van der Waals surface area (Å²) in [6.07, 6.45) is 0.673. The highest BCUT2D eigenvalue weighted by Crippen LogP contribution is 2.48. The van der Waals surface area contributed by atoms with E-state index < -0.39 is 0 Å². The average Bonchev–Trinajstić information content (AvgIpc) is 3.43. The number of carbonyl (C=O) groups excluding carboxylic acids is 1. The third-order valence-electron chi connectivity index (χ3n) is 5.00. The third-order valence-corrected chi connectivity index (χ3v) is 5.26. The lowest BCUT2D eigenvalue weighted by atomic mass is 10.1. The monoisotopic (exact) mass is 359 g/mol. The molecule has 0 N–H and O–H groups in total. The highest BCUT2D eigenvalue weighted by molar-refractivity contribution is 6.30. The van der Waals surface area contributed by atoms with Gasteiger partial charge in [0, 0.05) is 17.5 Å². The first-order valence-corrected chi connectivity index (χ1v) is 8.91. The van der Waals surface area contributed by atoms with Crippen molar-refractivity contribution < 1.29 is 13.9 Å². The predicted octanol–water partition coefficient (Wildman–Crippen LogP) is 4.18. The zero-order valence-electron chi connectivity index (χ0n) is 13.7. The molecule has 25 heavy (non-hydrogen) atoms. The maximum Gasteiger partial charge on any atom is 0.226 e. The van der Waals surface area contributed by atoms with Crippen LogP contribution in [0, 0.1) is 11.7 Å². The summed E-state index contributed by atoms with van der Waals surface area (Å²) in [5, 5.41) is 0.684. The van der Waals surface area contributed by atoms with Gasteiger partial charge in [-0.15, -0.1) is 0 Å². The Bertz CT molecular complexity index is 780. The van der Waals surface area contributed by atoms with Gasteiger partial charge in [-0.1, -0.05) is 35.9 Å². The molecule has 1 aliphatic heterocycles. The number of amides is 1. The molecule has 3 nitrogen and oxygen atoms in total. The SMILES string of the molecule is O=C([C@@H]1C[C@@H]1c1cccc(F)c1)N1CCO[C@@H](c2ccc(Cl)cc2)C1. The van der Waals surface area contributed by atoms with E-state index in [9.17, 15) is 9.18 Å². The van der Waals surface area contributed by atoms with Gasteiger partial charge in [-0.05, 0) is 47.7 Å². The summed E-state index contributed by atoms with van der Waals surface area (Å²) in [7, 11) is 0. The number of hydrogen-bond donors (Lipinski definition) is 0. The quantitative estimate of drug-likeness (QED) is 0.822. The maximum atomic E-state index is 13.4. The molecule has 2 aliphatic rings. The third kappa shape index (κ3) is 3.55. The summed E-state index contributed by atoms with van der Waals surface area (Å²) in [5.74, 6) is 0.00657. The molecule has 0 radical (unpaired) electrons. The predicted molar refractivity (Wildman–Crippen MR) is 94.0 cm³/mol. The first-order chi connectivity index (χ1) is 12.1. The van der Waals surface area contributed by atoms with E-state index in [4.69, 9.17) is 16.3 Å². The van der Waals surface area contributed by atoms with Gasteiger partial charge in [0.1, 0.15) is 11.9 Å². The molecule has 2 fully saturated rings.